The summed E-state index contributed by atoms with van der Waals surface area (Å²) >= 11 is 0. The number of carboxylic acid groups (broad SMARTS) is 3. The molecule has 6 heterocycles. The zero-order valence-corrected chi connectivity index (χ0v) is 76.7. The minimum Gasteiger partial charge on any atom is -0.508 e. The molecule has 8 atom stereocenters. The fourth-order valence-corrected chi connectivity index (χ4v) is 18.4. The molecular weight excluding hydrogens is 1720 g/mol. The first-order chi connectivity index (χ1) is 64.2. The second-order valence-corrected chi connectivity index (χ2v) is 36.2. The Hall–Kier alpha value is -10.9. The number of carboxylic acids is 3. The van der Waals surface area contributed by atoms with Crippen LogP contribution in [0.1, 0.15) is 359 Å². The van der Waals surface area contributed by atoms with Gasteiger partial charge in [-0.25, -0.2) is 9.59 Å². The maximum atomic E-state index is 13.8. The largest absolute Gasteiger partial charge is 0.508 e. The Labute approximate surface area is 777 Å². The lowest BCUT2D eigenvalue weighted by Gasteiger charge is -2.40. The van der Waals surface area contributed by atoms with Gasteiger partial charge in [0, 0.05) is 108 Å². The summed E-state index contributed by atoms with van der Waals surface area (Å²) in [6.07, 6.45) is 36.8. The highest BCUT2D eigenvalue weighted by Gasteiger charge is 2.46. The average molecular weight is 1860 g/mol. The first-order valence-electron chi connectivity index (χ1n) is 48.5. The van der Waals surface area contributed by atoms with E-state index in [9.17, 15) is 85.3 Å². The van der Waals surface area contributed by atoms with Crippen molar-refractivity contribution in [1.82, 2.24) is 0 Å². The molecule has 6 aliphatic rings. The molecule has 6 aliphatic heterocycles. The van der Waals surface area contributed by atoms with Crippen LogP contribution < -0.4 is 28.4 Å². The standard InChI is InChI=1S/C59H84O16.C43H54O15/c1-39-45(60)36-41(37-46(39)61)59(69)72-49-38-44-57-42(28-30-53(74-57)71-33-25-21-17-13-9-5-3-7-11-15-19-23-27-51(66)67)56-43(58(44)75-55(49)40-34-47(62)54(68)48(63)35-40)29-31-52(73-56)70-32-24-20-16-12-8-4-2-6-10-14-18-22-26-50(64)65;44-29-19-24(20-30(45)37(29)51)39-33(55-43(53)25-21-31(46)38(52)32(47)22-25)23-28-41-26(14-16-35(50)56-41)40-27(42(28)58-39)15-17-36(57-40)54-18-12-10-8-6-4-2-1-3-5-7-9-11-13-34(48)49/h34-37,49,52-53,55,60-63,68H,2-33,38H2,1H3,(H,64,65)(H,66,67);19-22,33,35-36,39,44-47,50-52H,1-18,23H2,(H,48,49)/t49-,52?,53?,55-;33-,35?,36?,39-/m11/s1. The molecule has 0 fully saturated rings. The number of fused-ring (bicyclic) bond motifs is 12. The molecule has 0 aliphatic carbocycles. The second-order valence-electron chi connectivity index (χ2n) is 36.2. The Bertz CT molecular complexity index is 4720. The number of hydrogen-bond donors (Lipinski definition) is 15. The van der Waals surface area contributed by atoms with Crippen molar-refractivity contribution in [1.29, 1.82) is 0 Å². The lowest BCUT2D eigenvalue weighted by molar-refractivity contribution is -0.138. The molecule has 0 radical (unpaired) electrons. The van der Waals surface area contributed by atoms with Crippen LogP contribution in [0.5, 0.6) is 97.7 Å². The number of ether oxygens (including phenoxy) is 11. The van der Waals surface area contributed by atoms with Gasteiger partial charge in [0.1, 0.15) is 58.2 Å². The van der Waals surface area contributed by atoms with Crippen LogP contribution in [0, 0.1) is 6.92 Å². The number of hydrogen-bond acceptors (Lipinski definition) is 28. The van der Waals surface area contributed by atoms with E-state index < -0.39 is 131 Å². The maximum Gasteiger partial charge on any atom is 0.338 e. The molecule has 0 spiro atoms. The number of carbonyl (C=O) groups is 5. The molecule has 0 saturated carbocycles. The fourth-order valence-electron chi connectivity index (χ4n) is 18.4. The van der Waals surface area contributed by atoms with Crippen LogP contribution in [0.2, 0.25) is 0 Å². The van der Waals surface area contributed by atoms with Gasteiger partial charge in [-0.1, -0.05) is 193 Å². The van der Waals surface area contributed by atoms with Gasteiger partial charge in [0.2, 0.25) is 0 Å². The van der Waals surface area contributed by atoms with Crippen LogP contribution in [0.25, 0.3) is 0 Å². The van der Waals surface area contributed by atoms with Gasteiger partial charge in [-0.3, -0.25) is 14.4 Å². The normalized spacial score (nSPS) is 18.5. The number of aromatic hydroxyl groups is 11. The van der Waals surface area contributed by atoms with E-state index in [2.05, 4.69) is 0 Å². The predicted octanol–water partition coefficient (Wildman–Crippen LogP) is 20.4. The first kappa shape index (κ1) is 103. The minimum absolute atomic E-state index is 0.0252. The Morgan fingerprint density at radius 3 is 0.812 bits per heavy atom. The van der Waals surface area contributed by atoms with E-state index in [-0.39, 0.29) is 71.4 Å². The monoisotopic (exact) mass is 1860 g/mol. The smallest absolute Gasteiger partial charge is 0.338 e. The number of aliphatic hydroxyl groups is 1. The first-order valence-corrected chi connectivity index (χ1v) is 48.5. The molecule has 4 unspecified atom stereocenters. The summed E-state index contributed by atoms with van der Waals surface area (Å²) < 4.78 is 70.3. The molecule has 6 aromatic rings. The van der Waals surface area contributed by atoms with E-state index in [4.69, 9.17) is 67.4 Å². The van der Waals surface area contributed by atoms with Crippen LogP contribution in [0.4, 0.5) is 0 Å². The SMILES string of the molecule is Cc1c(O)cc(C(=O)O[C@@H]2Cc3c4c(c5c(c3O[C@@H]2c2cc(O)c(O)c(O)c2)CCC(OCCCCCCCCCCCCCCC(=O)O)O5)CCC(OCCCCCCCCCCCCCCC(=O)O)O4)cc1O.O=C(O)CCCCCCCCCCCCCCOC1CCc2c(c3c(c4c2O[C@H](c2cc(O)c(O)c(O)c2)[C@H](OC(=O)c2cc(O)c(O)c(O)c2)C4)OC(O)CC3)O1. The van der Waals surface area contributed by atoms with E-state index in [1.54, 1.807) is 0 Å². The van der Waals surface area contributed by atoms with Crippen molar-refractivity contribution in [3.8, 4) is 97.7 Å². The lowest BCUT2D eigenvalue weighted by Crippen LogP contribution is -2.38. The van der Waals surface area contributed by atoms with E-state index in [0.29, 0.717) is 122 Å². The van der Waals surface area contributed by atoms with E-state index >= 15 is 0 Å². The molecule has 6 aromatic carbocycles. The topological polar surface area (TPSA) is 490 Å². The molecule has 0 aromatic heterocycles. The molecule has 133 heavy (non-hydrogen) atoms. The zero-order chi connectivity index (χ0) is 94.9. The molecular formula is C102H138O31. The summed E-state index contributed by atoms with van der Waals surface area (Å²) in [7, 11) is 0. The van der Waals surface area contributed by atoms with Crippen molar-refractivity contribution in [3.63, 3.8) is 0 Å². The molecule has 31 nitrogen and oxygen atoms in total. The highest BCUT2D eigenvalue weighted by atomic mass is 16.7. The van der Waals surface area contributed by atoms with Crippen LogP contribution in [-0.2, 0) is 76.6 Å². The molecule has 15 N–H and O–H groups in total. The van der Waals surface area contributed by atoms with Crippen LogP contribution >= 0.6 is 0 Å². The van der Waals surface area contributed by atoms with Crippen molar-refractivity contribution in [2.45, 2.75) is 371 Å². The number of benzene rings is 6. The second kappa shape index (κ2) is 52.1. The molecule has 12 rings (SSSR count). The maximum absolute atomic E-state index is 13.8. The van der Waals surface area contributed by atoms with Gasteiger partial charge in [-0.05, 0) is 120 Å². The Kier molecular flexibility index (Phi) is 40.2. The van der Waals surface area contributed by atoms with Crippen molar-refractivity contribution < 1.29 is 153 Å². The zero-order valence-electron chi connectivity index (χ0n) is 76.7. The summed E-state index contributed by atoms with van der Waals surface area (Å²) in [6.45, 7) is 3.11. The van der Waals surface area contributed by atoms with Gasteiger partial charge >= 0.3 is 29.8 Å². The van der Waals surface area contributed by atoms with Gasteiger partial charge in [0.05, 0.1) is 30.9 Å². The third-order valence-corrected chi connectivity index (χ3v) is 25.8. The molecule has 0 saturated heterocycles. The number of unbranched alkanes of at least 4 members (excludes halogenated alkanes) is 33. The number of phenolic OH excluding ortho intramolecular Hbond substituents is 11. The molecule has 0 bridgehead atoms. The van der Waals surface area contributed by atoms with Crippen molar-refractivity contribution in [3.05, 3.63) is 110 Å². The number of esters is 2. The molecule has 31 heteroatoms. The molecule has 0 amide bonds. The predicted molar refractivity (Wildman–Crippen MR) is 488 cm³/mol. The van der Waals surface area contributed by atoms with Crippen LogP contribution in [-0.4, -0.2) is 164 Å². The van der Waals surface area contributed by atoms with E-state index in [1.807, 2.05) is 0 Å². The Morgan fingerprint density at radius 2 is 0.526 bits per heavy atom. The summed E-state index contributed by atoms with van der Waals surface area (Å²) in [5, 5.41) is 150. The molecule has 732 valence electrons. The van der Waals surface area contributed by atoms with Crippen molar-refractivity contribution in [2.24, 2.45) is 0 Å². The highest BCUT2D eigenvalue weighted by molar-refractivity contribution is 5.92. The van der Waals surface area contributed by atoms with Crippen molar-refractivity contribution >= 4 is 29.8 Å². The fraction of sp³-hybridized carbons (Fsp3) is 0.598. The minimum atomic E-state index is -1.17. The van der Waals surface area contributed by atoms with E-state index in [0.717, 1.165) is 157 Å². The third kappa shape index (κ3) is 30.1. The lowest BCUT2D eigenvalue weighted by atomic mass is 9.86. The third-order valence-electron chi connectivity index (χ3n) is 25.8. The number of aliphatic hydroxyl groups excluding tert-OH is 1. The Balaban J connectivity index is 0.000000264. The van der Waals surface area contributed by atoms with Gasteiger partial charge < -0.3 is 129 Å². The summed E-state index contributed by atoms with van der Waals surface area (Å²) in [5.41, 5.74) is 4.41. The summed E-state index contributed by atoms with van der Waals surface area (Å²) in [6, 6.07) is 9.12. The van der Waals surface area contributed by atoms with Gasteiger partial charge in [-0.15, -0.1) is 0 Å². The van der Waals surface area contributed by atoms with Gasteiger partial charge in [0.15, 0.2) is 89.1 Å². The number of phenols is 11. The Morgan fingerprint density at radius 1 is 0.293 bits per heavy atom. The number of carbonyl (C=O) groups excluding carboxylic acids is 2. The quantitative estimate of drug-likeness (QED) is 0.00958. The van der Waals surface area contributed by atoms with Crippen molar-refractivity contribution in [2.75, 3.05) is 19.8 Å². The van der Waals surface area contributed by atoms with Gasteiger partial charge in [-0.2, -0.15) is 0 Å². The average Bonchev–Trinajstić information content (AvgIpc) is 0.732. The van der Waals surface area contributed by atoms with E-state index in [1.165, 1.54) is 146 Å². The summed E-state index contributed by atoms with van der Waals surface area (Å²) in [4.78, 5) is 59.3. The van der Waals surface area contributed by atoms with Crippen LogP contribution in [0.15, 0.2) is 48.5 Å². The number of rotatable bonds is 54. The number of aliphatic carboxylic acids is 3. The van der Waals surface area contributed by atoms with Gasteiger partial charge in [0.25, 0.3) is 0 Å². The van der Waals surface area contributed by atoms with Crippen LogP contribution in [0.3, 0.4) is 0 Å². The highest BCUT2D eigenvalue weighted by Crippen LogP contribution is 2.57. The summed E-state index contributed by atoms with van der Waals surface area (Å²) in [5.74, 6) is -8.01.